The summed E-state index contributed by atoms with van der Waals surface area (Å²) >= 11 is 0. The maximum absolute atomic E-state index is 12.1. The Kier molecular flexibility index (Phi) is 4.52. The van der Waals surface area contributed by atoms with Gasteiger partial charge in [-0.15, -0.1) is 0 Å². The monoisotopic (exact) mass is 337 g/mol. The van der Waals surface area contributed by atoms with Crippen molar-refractivity contribution in [1.82, 2.24) is 14.6 Å². The predicted octanol–water partition coefficient (Wildman–Crippen LogP) is 2.56. The van der Waals surface area contributed by atoms with Crippen LogP contribution in [0, 0.1) is 6.92 Å². The van der Waals surface area contributed by atoms with Crippen molar-refractivity contribution in [3.63, 3.8) is 0 Å². The number of carbonyl (C=O) groups is 1. The third kappa shape index (κ3) is 3.38. The number of nitrogens with zero attached hydrogens (tertiary/aromatic N) is 3. The molecular weight excluding hydrogens is 318 g/mol. The Morgan fingerprint density at radius 1 is 1.16 bits per heavy atom. The Hall–Kier alpha value is -3.15. The SMILES string of the molecule is Cc1ccccc1-c1noc(=O)n1Cc1cccc(C(=O)N(C)C)c1. The summed E-state index contributed by atoms with van der Waals surface area (Å²) in [7, 11) is 3.41. The zero-order valence-electron chi connectivity index (χ0n) is 14.4. The van der Waals surface area contributed by atoms with Gasteiger partial charge in [-0.1, -0.05) is 41.6 Å². The minimum atomic E-state index is -0.525. The third-order valence-electron chi connectivity index (χ3n) is 3.99. The smallest absolute Gasteiger partial charge is 0.345 e. The van der Waals surface area contributed by atoms with Crippen molar-refractivity contribution in [2.45, 2.75) is 13.5 Å². The van der Waals surface area contributed by atoms with Crippen molar-refractivity contribution in [2.75, 3.05) is 14.1 Å². The van der Waals surface area contributed by atoms with Gasteiger partial charge in [-0.3, -0.25) is 13.9 Å². The predicted molar refractivity (Wildman–Crippen MR) is 94.5 cm³/mol. The fourth-order valence-electron chi connectivity index (χ4n) is 2.67. The molecule has 1 amide bonds. The first-order valence-electron chi connectivity index (χ1n) is 7.90. The summed E-state index contributed by atoms with van der Waals surface area (Å²) in [5.74, 6) is -0.131. The average Bonchev–Trinajstić information content (AvgIpc) is 2.95. The van der Waals surface area contributed by atoms with E-state index in [1.54, 1.807) is 32.3 Å². The van der Waals surface area contributed by atoms with E-state index < -0.39 is 5.76 Å². The summed E-state index contributed by atoms with van der Waals surface area (Å²) in [6, 6.07) is 14.9. The number of hydrogen-bond acceptors (Lipinski definition) is 4. The van der Waals surface area contributed by atoms with Gasteiger partial charge in [0.25, 0.3) is 5.91 Å². The van der Waals surface area contributed by atoms with E-state index in [0.717, 1.165) is 16.7 Å². The second-order valence-corrected chi connectivity index (χ2v) is 6.07. The molecule has 0 unspecified atom stereocenters. The van der Waals surface area contributed by atoms with Crippen LogP contribution in [0.5, 0.6) is 0 Å². The summed E-state index contributed by atoms with van der Waals surface area (Å²) in [6.07, 6.45) is 0. The van der Waals surface area contributed by atoms with Gasteiger partial charge in [0, 0.05) is 25.2 Å². The Morgan fingerprint density at radius 2 is 1.92 bits per heavy atom. The lowest BCUT2D eigenvalue weighted by Crippen LogP contribution is -2.22. The van der Waals surface area contributed by atoms with E-state index in [1.807, 2.05) is 37.3 Å². The minimum absolute atomic E-state index is 0.0846. The van der Waals surface area contributed by atoms with Gasteiger partial charge in [-0.25, -0.2) is 4.79 Å². The maximum Gasteiger partial charge on any atom is 0.442 e. The highest BCUT2D eigenvalue weighted by molar-refractivity contribution is 5.94. The van der Waals surface area contributed by atoms with Crippen LogP contribution in [0.4, 0.5) is 0 Å². The van der Waals surface area contributed by atoms with Crippen molar-refractivity contribution in [2.24, 2.45) is 0 Å². The fraction of sp³-hybridized carbons (Fsp3) is 0.211. The number of hydrogen-bond donors (Lipinski definition) is 0. The lowest BCUT2D eigenvalue weighted by Gasteiger charge is -2.12. The molecule has 1 aromatic heterocycles. The van der Waals surface area contributed by atoms with Crippen LogP contribution in [0.15, 0.2) is 57.8 Å². The van der Waals surface area contributed by atoms with Crippen LogP contribution in [-0.4, -0.2) is 34.6 Å². The van der Waals surface area contributed by atoms with Gasteiger partial charge in [-0.05, 0) is 30.2 Å². The van der Waals surface area contributed by atoms with E-state index in [9.17, 15) is 9.59 Å². The Morgan fingerprint density at radius 3 is 2.64 bits per heavy atom. The first kappa shape index (κ1) is 16.7. The first-order chi connectivity index (χ1) is 12.0. The number of rotatable bonds is 4. The highest BCUT2D eigenvalue weighted by Crippen LogP contribution is 2.21. The molecular formula is C19H19N3O3. The number of aromatic nitrogens is 2. The summed E-state index contributed by atoms with van der Waals surface area (Å²) in [6.45, 7) is 2.23. The molecule has 0 aliphatic rings. The van der Waals surface area contributed by atoms with Gasteiger partial charge in [0.15, 0.2) is 5.82 Å². The van der Waals surface area contributed by atoms with Crippen molar-refractivity contribution >= 4 is 5.91 Å². The first-order valence-corrected chi connectivity index (χ1v) is 7.90. The molecule has 6 heteroatoms. The molecule has 128 valence electrons. The van der Waals surface area contributed by atoms with Crippen LogP contribution in [0.3, 0.4) is 0 Å². The second-order valence-electron chi connectivity index (χ2n) is 6.07. The molecule has 25 heavy (non-hydrogen) atoms. The number of carbonyl (C=O) groups excluding carboxylic acids is 1. The van der Waals surface area contributed by atoms with Gasteiger partial charge >= 0.3 is 5.76 Å². The fourth-order valence-corrected chi connectivity index (χ4v) is 2.67. The van der Waals surface area contributed by atoms with Crippen LogP contribution in [-0.2, 0) is 6.54 Å². The lowest BCUT2D eigenvalue weighted by molar-refractivity contribution is 0.0827. The molecule has 0 radical (unpaired) electrons. The number of benzene rings is 2. The summed E-state index contributed by atoms with van der Waals surface area (Å²) in [5.41, 5.74) is 3.24. The van der Waals surface area contributed by atoms with Crippen molar-refractivity contribution < 1.29 is 9.32 Å². The molecule has 0 saturated carbocycles. The van der Waals surface area contributed by atoms with Crippen molar-refractivity contribution in [3.05, 3.63) is 75.8 Å². The molecule has 0 N–H and O–H groups in total. The van der Waals surface area contributed by atoms with Crippen molar-refractivity contribution in [1.29, 1.82) is 0 Å². The van der Waals surface area contributed by atoms with Gasteiger partial charge in [0.05, 0.1) is 6.54 Å². The maximum atomic E-state index is 12.1. The average molecular weight is 337 g/mol. The quantitative estimate of drug-likeness (QED) is 0.734. The second kappa shape index (κ2) is 6.76. The molecule has 3 rings (SSSR count). The molecule has 0 spiro atoms. The minimum Gasteiger partial charge on any atom is -0.345 e. The van der Waals surface area contributed by atoms with E-state index >= 15 is 0 Å². The molecule has 0 aliphatic carbocycles. The molecule has 1 heterocycles. The Bertz CT molecular complexity index is 970. The van der Waals surface area contributed by atoms with Crippen LogP contribution < -0.4 is 5.76 Å². The van der Waals surface area contributed by atoms with Crippen LogP contribution >= 0.6 is 0 Å². The largest absolute Gasteiger partial charge is 0.442 e. The molecule has 0 saturated heterocycles. The summed E-state index contributed by atoms with van der Waals surface area (Å²) in [4.78, 5) is 25.8. The van der Waals surface area contributed by atoms with Gasteiger partial charge in [0.2, 0.25) is 0 Å². The zero-order chi connectivity index (χ0) is 18.0. The van der Waals surface area contributed by atoms with Gasteiger partial charge in [-0.2, -0.15) is 0 Å². The Balaban J connectivity index is 1.99. The lowest BCUT2D eigenvalue weighted by atomic mass is 10.1. The standard InChI is InChI=1S/C19H19N3O3/c1-13-7-4-5-10-16(13)17-20-25-19(24)22(17)12-14-8-6-9-15(11-14)18(23)21(2)3/h4-11H,12H2,1-3H3. The molecule has 0 atom stereocenters. The molecule has 0 bridgehead atoms. The molecule has 0 aliphatic heterocycles. The number of amides is 1. The van der Waals surface area contributed by atoms with E-state index in [4.69, 9.17) is 4.52 Å². The van der Waals surface area contributed by atoms with E-state index in [2.05, 4.69) is 5.16 Å². The van der Waals surface area contributed by atoms with E-state index in [-0.39, 0.29) is 12.5 Å². The molecule has 3 aromatic rings. The van der Waals surface area contributed by atoms with Crippen LogP contribution in [0.1, 0.15) is 21.5 Å². The van der Waals surface area contributed by atoms with Gasteiger partial charge < -0.3 is 4.90 Å². The van der Waals surface area contributed by atoms with Crippen LogP contribution in [0.2, 0.25) is 0 Å². The third-order valence-corrected chi connectivity index (χ3v) is 3.99. The summed E-state index contributed by atoms with van der Waals surface area (Å²) < 4.78 is 6.35. The topological polar surface area (TPSA) is 68.3 Å². The molecule has 0 fully saturated rings. The molecule has 2 aromatic carbocycles. The highest BCUT2D eigenvalue weighted by Gasteiger charge is 2.15. The molecule has 6 nitrogen and oxygen atoms in total. The highest BCUT2D eigenvalue weighted by atomic mass is 16.5. The Labute approximate surface area is 145 Å². The van der Waals surface area contributed by atoms with Crippen LogP contribution in [0.25, 0.3) is 11.4 Å². The summed E-state index contributed by atoms with van der Waals surface area (Å²) in [5, 5.41) is 3.93. The number of aryl methyl sites for hydroxylation is 1. The normalized spacial score (nSPS) is 10.7. The zero-order valence-corrected chi connectivity index (χ0v) is 14.4. The van der Waals surface area contributed by atoms with Gasteiger partial charge in [0.1, 0.15) is 0 Å². The van der Waals surface area contributed by atoms with E-state index in [1.165, 1.54) is 9.47 Å². The van der Waals surface area contributed by atoms with E-state index in [0.29, 0.717) is 11.4 Å². The van der Waals surface area contributed by atoms with Crippen molar-refractivity contribution in [3.8, 4) is 11.4 Å².